The highest BCUT2D eigenvalue weighted by atomic mass is 79.9. The second-order valence-corrected chi connectivity index (χ2v) is 11.1. The van der Waals surface area contributed by atoms with Crippen LogP contribution in [0.15, 0.2) is 118 Å². The van der Waals surface area contributed by atoms with Gasteiger partial charge in [-0.15, -0.1) is 11.8 Å². The summed E-state index contributed by atoms with van der Waals surface area (Å²) >= 11 is 4.43. The molecule has 0 fully saturated rings. The minimum Gasteiger partial charge on any atom is -0.361 e. The Hall–Kier alpha value is -4.67. The second-order valence-electron chi connectivity index (χ2n) is 9.11. The van der Waals surface area contributed by atoms with E-state index in [1.165, 1.54) is 23.9 Å². The van der Waals surface area contributed by atoms with Gasteiger partial charge in [-0.25, -0.2) is 4.39 Å². The van der Waals surface area contributed by atoms with Crippen LogP contribution in [0, 0.1) is 5.82 Å². The number of H-pyrrole nitrogens is 1. The maximum atomic E-state index is 14.1. The molecule has 0 radical (unpaired) electrons. The highest BCUT2D eigenvalue weighted by Gasteiger charge is 2.16. The lowest BCUT2D eigenvalue weighted by atomic mass is 10.1. The van der Waals surface area contributed by atoms with Crippen molar-refractivity contribution in [2.75, 3.05) is 16.4 Å². The van der Waals surface area contributed by atoms with E-state index in [0.29, 0.717) is 15.7 Å². The first-order chi connectivity index (χ1) is 20.4. The van der Waals surface area contributed by atoms with Gasteiger partial charge in [-0.3, -0.25) is 14.4 Å². The van der Waals surface area contributed by atoms with Gasteiger partial charge in [0.2, 0.25) is 5.91 Å². The molecule has 1 heterocycles. The number of hydrogen-bond acceptors (Lipinski definition) is 4. The number of amides is 3. The molecule has 10 heteroatoms. The standard InChI is InChI=1S/C32H24BrFN4O3S/c33-22-13-14-28(26(34)16-22)37-30(39)19-42-24-10-6-9-23(17-24)36-32(41)29(38-31(40)20-7-2-1-3-8-20)15-21-18-35-27-12-5-4-11-25(21)27/h1-18,35H,19H2,(H,36,41)(H,37,39)(H,38,40)/b29-15-. The van der Waals surface area contributed by atoms with Gasteiger partial charge in [-0.2, -0.15) is 0 Å². The Kier molecular flexibility index (Phi) is 9.15. The molecule has 0 aliphatic heterocycles. The number of rotatable bonds is 9. The highest BCUT2D eigenvalue weighted by Crippen LogP contribution is 2.25. The van der Waals surface area contributed by atoms with E-state index in [4.69, 9.17) is 0 Å². The molecular formula is C32H24BrFN4O3S. The van der Waals surface area contributed by atoms with Gasteiger partial charge in [0.1, 0.15) is 11.5 Å². The Balaban J connectivity index is 1.30. The number of aromatic amines is 1. The van der Waals surface area contributed by atoms with Crippen LogP contribution in [0.4, 0.5) is 15.8 Å². The minimum atomic E-state index is -0.539. The Labute approximate surface area is 253 Å². The first-order valence-electron chi connectivity index (χ1n) is 12.8. The van der Waals surface area contributed by atoms with Crippen molar-refractivity contribution in [3.63, 3.8) is 0 Å². The number of thioether (sulfide) groups is 1. The van der Waals surface area contributed by atoms with Crippen molar-refractivity contribution in [1.82, 2.24) is 10.3 Å². The summed E-state index contributed by atoms with van der Waals surface area (Å²) in [7, 11) is 0. The fourth-order valence-electron chi connectivity index (χ4n) is 4.10. The molecule has 7 nitrogen and oxygen atoms in total. The van der Waals surface area contributed by atoms with E-state index in [9.17, 15) is 18.8 Å². The third-order valence-electron chi connectivity index (χ3n) is 6.12. The summed E-state index contributed by atoms with van der Waals surface area (Å²) in [6.07, 6.45) is 3.40. The van der Waals surface area contributed by atoms with Crippen molar-refractivity contribution in [2.24, 2.45) is 0 Å². The smallest absolute Gasteiger partial charge is 0.272 e. The number of hydrogen-bond donors (Lipinski definition) is 4. The fraction of sp³-hybridized carbons (Fsp3) is 0.0312. The summed E-state index contributed by atoms with van der Waals surface area (Å²) in [4.78, 5) is 42.7. The van der Waals surface area contributed by atoms with E-state index in [-0.39, 0.29) is 23.0 Å². The molecule has 1 aromatic heterocycles. The number of para-hydroxylation sites is 1. The Morgan fingerprint density at radius 1 is 0.881 bits per heavy atom. The van der Waals surface area contributed by atoms with Crippen LogP contribution >= 0.6 is 27.7 Å². The Morgan fingerprint density at radius 2 is 1.67 bits per heavy atom. The zero-order chi connectivity index (χ0) is 29.5. The van der Waals surface area contributed by atoms with Crippen LogP contribution in [-0.4, -0.2) is 28.5 Å². The van der Waals surface area contributed by atoms with Crippen molar-refractivity contribution in [3.8, 4) is 0 Å². The lowest BCUT2D eigenvalue weighted by molar-refractivity contribution is -0.114. The SMILES string of the molecule is O=C(CSc1cccc(NC(=O)/C(=C/c2c[nH]c3ccccc23)NC(=O)c2ccccc2)c1)Nc1ccc(Br)cc1F. The number of anilines is 2. The summed E-state index contributed by atoms with van der Waals surface area (Å²) in [6.45, 7) is 0. The molecule has 5 rings (SSSR count). The lowest BCUT2D eigenvalue weighted by Gasteiger charge is -2.12. The van der Waals surface area contributed by atoms with Gasteiger partial charge in [0.05, 0.1) is 11.4 Å². The van der Waals surface area contributed by atoms with Crippen LogP contribution in [0.5, 0.6) is 0 Å². The van der Waals surface area contributed by atoms with E-state index < -0.39 is 17.6 Å². The molecule has 0 aliphatic rings. The van der Waals surface area contributed by atoms with Crippen LogP contribution in [-0.2, 0) is 9.59 Å². The van der Waals surface area contributed by atoms with E-state index in [1.54, 1.807) is 72.9 Å². The molecule has 0 spiro atoms. The molecule has 4 N–H and O–H groups in total. The van der Waals surface area contributed by atoms with Crippen LogP contribution < -0.4 is 16.0 Å². The number of carbonyl (C=O) groups excluding carboxylic acids is 3. The largest absolute Gasteiger partial charge is 0.361 e. The zero-order valence-electron chi connectivity index (χ0n) is 22.0. The van der Waals surface area contributed by atoms with E-state index in [2.05, 4.69) is 36.9 Å². The molecule has 0 saturated carbocycles. The quantitative estimate of drug-likeness (QED) is 0.101. The summed E-state index contributed by atoms with van der Waals surface area (Å²) in [5, 5.41) is 9.05. The Morgan fingerprint density at radius 3 is 2.48 bits per heavy atom. The van der Waals surface area contributed by atoms with Crippen molar-refractivity contribution in [3.05, 3.63) is 130 Å². The number of halogens is 2. The fourth-order valence-corrected chi connectivity index (χ4v) is 5.19. The van der Waals surface area contributed by atoms with Gasteiger partial charge in [0.15, 0.2) is 0 Å². The lowest BCUT2D eigenvalue weighted by Crippen LogP contribution is -2.30. The molecular weight excluding hydrogens is 619 g/mol. The monoisotopic (exact) mass is 642 g/mol. The van der Waals surface area contributed by atoms with E-state index >= 15 is 0 Å². The van der Waals surface area contributed by atoms with E-state index in [1.807, 2.05) is 24.3 Å². The number of benzene rings is 4. The normalized spacial score (nSPS) is 11.2. The summed E-state index contributed by atoms with van der Waals surface area (Å²) in [5.41, 5.74) is 2.67. The number of fused-ring (bicyclic) bond motifs is 1. The van der Waals surface area contributed by atoms with Crippen LogP contribution in [0.25, 0.3) is 17.0 Å². The van der Waals surface area contributed by atoms with Gasteiger partial charge in [0, 0.05) is 43.3 Å². The predicted molar refractivity (Wildman–Crippen MR) is 169 cm³/mol. The van der Waals surface area contributed by atoms with Gasteiger partial charge in [-0.05, 0) is 60.7 Å². The predicted octanol–water partition coefficient (Wildman–Crippen LogP) is 7.21. The zero-order valence-corrected chi connectivity index (χ0v) is 24.4. The maximum absolute atomic E-state index is 14.1. The van der Waals surface area contributed by atoms with Gasteiger partial charge in [0.25, 0.3) is 11.8 Å². The molecule has 0 aliphatic carbocycles. The highest BCUT2D eigenvalue weighted by molar-refractivity contribution is 9.10. The molecule has 42 heavy (non-hydrogen) atoms. The number of carbonyl (C=O) groups is 3. The van der Waals surface area contributed by atoms with Gasteiger partial charge in [-0.1, -0.05) is 58.4 Å². The number of aromatic nitrogens is 1. The molecule has 3 amide bonds. The van der Waals surface area contributed by atoms with Crippen molar-refractivity contribution in [1.29, 1.82) is 0 Å². The molecule has 0 saturated heterocycles. The van der Waals surface area contributed by atoms with Crippen molar-refractivity contribution < 1.29 is 18.8 Å². The topological polar surface area (TPSA) is 103 Å². The van der Waals surface area contributed by atoms with E-state index in [0.717, 1.165) is 21.4 Å². The molecule has 0 unspecified atom stereocenters. The average molecular weight is 644 g/mol. The molecule has 210 valence electrons. The average Bonchev–Trinajstić information content (AvgIpc) is 3.40. The van der Waals surface area contributed by atoms with Gasteiger partial charge < -0.3 is 20.9 Å². The molecule has 4 aromatic carbocycles. The third kappa shape index (κ3) is 7.34. The van der Waals surface area contributed by atoms with Crippen molar-refractivity contribution in [2.45, 2.75) is 4.90 Å². The third-order valence-corrected chi connectivity index (χ3v) is 7.60. The Bertz CT molecular complexity index is 1810. The summed E-state index contributed by atoms with van der Waals surface area (Å²) < 4.78 is 14.6. The first kappa shape index (κ1) is 28.8. The first-order valence-corrected chi connectivity index (χ1v) is 14.6. The summed E-state index contributed by atoms with van der Waals surface area (Å²) in [6, 6.07) is 27.7. The molecule has 5 aromatic rings. The second kappa shape index (κ2) is 13.3. The molecule has 0 atom stereocenters. The maximum Gasteiger partial charge on any atom is 0.272 e. The minimum absolute atomic E-state index is 0.0335. The van der Waals surface area contributed by atoms with Crippen LogP contribution in [0.1, 0.15) is 15.9 Å². The van der Waals surface area contributed by atoms with Crippen LogP contribution in [0.2, 0.25) is 0 Å². The number of nitrogens with one attached hydrogen (secondary N) is 4. The van der Waals surface area contributed by atoms with Crippen LogP contribution in [0.3, 0.4) is 0 Å². The summed E-state index contributed by atoms with van der Waals surface area (Å²) in [5.74, 6) is -1.82. The molecule has 0 bridgehead atoms. The van der Waals surface area contributed by atoms with Gasteiger partial charge >= 0.3 is 0 Å². The van der Waals surface area contributed by atoms with Crippen molar-refractivity contribution >= 4 is 73.8 Å².